The van der Waals surface area contributed by atoms with Gasteiger partial charge < -0.3 is 38.1 Å². The average Bonchev–Trinajstić information content (AvgIpc) is 3.46. The molecule has 2 aromatic carbocycles. The first kappa shape index (κ1) is 27.2. The van der Waals surface area contributed by atoms with Crippen molar-refractivity contribution >= 4 is 11.7 Å². The maximum atomic E-state index is 12.9. The number of benzene rings is 2. The molecule has 0 bridgehead atoms. The van der Waals surface area contributed by atoms with Gasteiger partial charge in [-0.15, -0.1) is 0 Å². The molecule has 0 amide bonds. The van der Waals surface area contributed by atoms with E-state index in [1.165, 1.54) is 20.3 Å². The normalized spacial score (nSPS) is 15.5. The van der Waals surface area contributed by atoms with Crippen LogP contribution in [0.2, 0.25) is 0 Å². The molecule has 3 aromatic rings. The second-order valence-corrected chi connectivity index (χ2v) is 9.54. The maximum absolute atomic E-state index is 12.9. The van der Waals surface area contributed by atoms with Crippen molar-refractivity contribution in [1.29, 1.82) is 0 Å². The van der Waals surface area contributed by atoms with Crippen LogP contribution in [0.3, 0.4) is 0 Å². The molecule has 0 aliphatic carbocycles. The van der Waals surface area contributed by atoms with Gasteiger partial charge in [-0.3, -0.25) is 14.5 Å². The fourth-order valence-corrected chi connectivity index (χ4v) is 5.01. The smallest absolute Gasteiger partial charge is 0.306 e. The Morgan fingerprint density at radius 1 is 1.00 bits per heavy atom. The zero-order valence-corrected chi connectivity index (χ0v) is 22.7. The maximum Gasteiger partial charge on any atom is 0.306 e. The third-order valence-corrected chi connectivity index (χ3v) is 7.19. The van der Waals surface area contributed by atoms with Crippen molar-refractivity contribution < 1.29 is 38.0 Å². The number of nitrogens with zero attached hydrogens (tertiary/aromatic N) is 2. The lowest BCUT2D eigenvalue weighted by Gasteiger charge is -2.36. The fourth-order valence-electron chi connectivity index (χ4n) is 5.01. The van der Waals surface area contributed by atoms with Gasteiger partial charge >= 0.3 is 5.97 Å². The Bertz CT molecular complexity index is 1410. The van der Waals surface area contributed by atoms with Gasteiger partial charge in [0.2, 0.25) is 23.7 Å². The molecule has 2 aliphatic rings. The fraction of sp³-hybridized carbons (Fsp3) is 0.379. The third-order valence-electron chi connectivity index (χ3n) is 7.19. The Morgan fingerprint density at radius 3 is 2.42 bits per heavy atom. The predicted molar refractivity (Wildman–Crippen MR) is 145 cm³/mol. The highest BCUT2D eigenvalue weighted by Gasteiger charge is 2.30. The SMILES string of the molecule is COC(=O)C[C@@H](c1cc(OC)c2c(c1)OCO2)c1oc(CN2CCN(c3ccc(OC)cc3)CC2)cc(=O)c1O. The standard InChI is InChI=1S/C29H32N2O9/c1-35-20-6-4-19(5-7-20)31-10-8-30(9-11-31)16-21-14-23(32)27(34)28(40-21)22(15-26(33)37-3)18-12-24(36-2)29-25(13-18)38-17-39-29/h4-7,12-14,22,34H,8-11,15-17H2,1-3H3/t22-/m0/s1. The van der Waals surface area contributed by atoms with E-state index in [4.69, 9.17) is 28.1 Å². The molecule has 0 saturated carbocycles. The molecular formula is C29H32N2O9. The van der Waals surface area contributed by atoms with E-state index < -0.39 is 23.1 Å². The number of methoxy groups -OCH3 is 3. The number of anilines is 1. The van der Waals surface area contributed by atoms with Crippen LogP contribution in [0.5, 0.6) is 28.7 Å². The Morgan fingerprint density at radius 2 is 1.75 bits per heavy atom. The van der Waals surface area contributed by atoms with E-state index in [0.29, 0.717) is 35.1 Å². The molecule has 2 aliphatic heterocycles. The molecule has 11 heteroatoms. The molecular weight excluding hydrogens is 520 g/mol. The van der Waals surface area contributed by atoms with Crippen LogP contribution in [0, 0.1) is 0 Å². The van der Waals surface area contributed by atoms with Crippen molar-refractivity contribution in [2.45, 2.75) is 18.9 Å². The zero-order valence-electron chi connectivity index (χ0n) is 22.7. The number of esters is 1. The highest BCUT2D eigenvalue weighted by atomic mass is 16.7. The summed E-state index contributed by atoms with van der Waals surface area (Å²) in [5, 5.41) is 10.8. The van der Waals surface area contributed by atoms with Crippen molar-refractivity contribution in [2.24, 2.45) is 0 Å². The topological polar surface area (TPSA) is 120 Å². The van der Waals surface area contributed by atoms with Gasteiger partial charge in [-0.1, -0.05) is 0 Å². The van der Waals surface area contributed by atoms with Crippen molar-refractivity contribution in [3.8, 4) is 28.7 Å². The molecule has 1 aromatic heterocycles. The van der Waals surface area contributed by atoms with E-state index in [0.717, 1.165) is 37.6 Å². The van der Waals surface area contributed by atoms with Crippen LogP contribution in [-0.2, 0) is 16.1 Å². The van der Waals surface area contributed by atoms with Crippen LogP contribution in [-0.4, -0.2) is 70.3 Å². The minimum absolute atomic E-state index is 0.0225. The predicted octanol–water partition coefficient (Wildman–Crippen LogP) is 3.11. The van der Waals surface area contributed by atoms with E-state index in [1.807, 2.05) is 24.3 Å². The largest absolute Gasteiger partial charge is 0.502 e. The van der Waals surface area contributed by atoms with Gasteiger partial charge in [0, 0.05) is 37.9 Å². The number of piperazine rings is 1. The van der Waals surface area contributed by atoms with Gasteiger partial charge in [0.05, 0.1) is 40.2 Å². The first-order valence-corrected chi connectivity index (χ1v) is 12.9. The van der Waals surface area contributed by atoms with Crippen LogP contribution in [0.1, 0.15) is 29.4 Å². The molecule has 212 valence electrons. The minimum atomic E-state index is -0.838. The van der Waals surface area contributed by atoms with Crippen LogP contribution in [0.15, 0.2) is 51.7 Å². The first-order valence-electron chi connectivity index (χ1n) is 12.9. The second-order valence-electron chi connectivity index (χ2n) is 9.54. The Labute approximate surface area is 231 Å². The Kier molecular flexibility index (Phi) is 8.01. The lowest BCUT2D eigenvalue weighted by Crippen LogP contribution is -2.46. The number of hydrogen-bond donors (Lipinski definition) is 1. The quantitative estimate of drug-likeness (QED) is 0.394. The van der Waals surface area contributed by atoms with Gasteiger partial charge in [-0.05, 0) is 42.0 Å². The van der Waals surface area contributed by atoms with Gasteiger partial charge in [0.15, 0.2) is 17.3 Å². The van der Waals surface area contributed by atoms with Gasteiger partial charge in [0.1, 0.15) is 11.5 Å². The Balaban J connectivity index is 1.39. The summed E-state index contributed by atoms with van der Waals surface area (Å²) in [5.74, 6) is 0.507. The molecule has 0 spiro atoms. The molecule has 5 rings (SSSR count). The lowest BCUT2D eigenvalue weighted by atomic mass is 9.91. The molecule has 11 nitrogen and oxygen atoms in total. The van der Waals surface area contributed by atoms with E-state index in [2.05, 4.69) is 9.80 Å². The lowest BCUT2D eigenvalue weighted by molar-refractivity contribution is -0.140. The second kappa shape index (κ2) is 11.8. The van der Waals surface area contributed by atoms with Gasteiger partial charge in [-0.2, -0.15) is 0 Å². The van der Waals surface area contributed by atoms with Crippen LogP contribution < -0.4 is 29.3 Å². The molecule has 3 heterocycles. The molecule has 1 N–H and O–H groups in total. The van der Waals surface area contributed by atoms with E-state index in [1.54, 1.807) is 19.2 Å². The summed E-state index contributed by atoms with van der Waals surface area (Å²) in [6.07, 6.45) is -0.181. The van der Waals surface area contributed by atoms with E-state index in [9.17, 15) is 14.7 Å². The summed E-state index contributed by atoms with van der Waals surface area (Å²) >= 11 is 0. The van der Waals surface area contributed by atoms with E-state index >= 15 is 0 Å². The summed E-state index contributed by atoms with van der Waals surface area (Å²) in [6, 6.07) is 12.6. The molecule has 1 saturated heterocycles. The number of hydrogen-bond acceptors (Lipinski definition) is 11. The number of carbonyl (C=O) groups excluding carboxylic acids is 1. The van der Waals surface area contributed by atoms with Gasteiger partial charge in [0.25, 0.3) is 0 Å². The van der Waals surface area contributed by atoms with Crippen molar-refractivity contribution in [1.82, 2.24) is 4.90 Å². The summed E-state index contributed by atoms with van der Waals surface area (Å²) in [4.78, 5) is 29.7. The molecule has 1 atom stereocenters. The van der Waals surface area contributed by atoms with E-state index in [-0.39, 0.29) is 19.0 Å². The number of ether oxygens (including phenoxy) is 5. The average molecular weight is 553 g/mol. The monoisotopic (exact) mass is 552 g/mol. The van der Waals surface area contributed by atoms with Crippen molar-refractivity contribution in [3.63, 3.8) is 0 Å². The summed E-state index contributed by atoms with van der Waals surface area (Å²) in [6.45, 7) is 3.48. The summed E-state index contributed by atoms with van der Waals surface area (Å²) in [7, 11) is 4.41. The Hall–Kier alpha value is -4.38. The highest BCUT2D eigenvalue weighted by Crippen LogP contribution is 2.45. The highest BCUT2D eigenvalue weighted by molar-refractivity contribution is 5.72. The first-order chi connectivity index (χ1) is 19.4. The third kappa shape index (κ3) is 5.64. The summed E-state index contributed by atoms with van der Waals surface area (Å²) in [5.41, 5.74) is 1.06. The molecule has 40 heavy (non-hydrogen) atoms. The van der Waals surface area contributed by atoms with Crippen LogP contribution >= 0.6 is 0 Å². The molecule has 0 radical (unpaired) electrons. The minimum Gasteiger partial charge on any atom is -0.502 e. The number of fused-ring (bicyclic) bond motifs is 1. The van der Waals surface area contributed by atoms with Crippen molar-refractivity contribution in [3.05, 3.63) is 69.8 Å². The number of carbonyl (C=O) groups is 1. The van der Waals surface area contributed by atoms with Crippen molar-refractivity contribution in [2.75, 3.05) is 59.2 Å². The zero-order chi connectivity index (χ0) is 28.2. The number of rotatable bonds is 9. The number of aromatic hydroxyl groups is 1. The summed E-state index contributed by atoms with van der Waals surface area (Å²) < 4.78 is 32.8. The van der Waals surface area contributed by atoms with Crippen LogP contribution in [0.4, 0.5) is 5.69 Å². The van der Waals surface area contributed by atoms with Gasteiger partial charge in [-0.25, -0.2) is 0 Å². The van der Waals surface area contributed by atoms with Crippen LogP contribution in [0.25, 0.3) is 0 Å². The molecule has 0 unspecified atom stereocenters. The molecule has 1 fully saturated rings.